The minimum absolute atomic E-state index is 0.835. The first kappa shape index (κ1) is 20.2. The van der Waals surface area contributed by atoms with Crippen LogP contribution < -0.4 is 4.43 Å². The number of hydrogen-bond donors (Lipinski definition) is 0. The highest BCUT2D eigenvalue weighted by Gasteiger charge is 2.26. The molecule has 132 valence electrons. The van der Waals surface area contributed by atoms with Gasteiger partial charge in [-0.15, -0.1) is 0 Å². The van der Waals surface area contributed by atoms with Crippen LogP contribution in [0.2, 0.25) is 13.1 Å². The quantitative estimate of drug-likeness (QED) is 0.303. The van der Waals surface area contributed by atoms with Gasteiger partial charge in [0.1, 0.15) is 5.75 Å². The molecule has 0 amide bonds. The third-order valence-electron chi connectivity index (χ3n) is 4.12. The zero-order valence-electron chi connectivity index (χ0n) is 15.7. The fourth-order valence-corrected chi connectivity index (χ4v) is 4.09. The van der Waals surface area contributed by atoms with Gasteiger partial charge >= 0.3 is 8.56 Å². The molecule has 0 N–H and O–H groups in total. The summed E-state index contributed by atoms with van der Waals surface area (Å²) in [6.07, 6.45) is 11.7. The molecule has 1 rings (SSSR count). The largest absolute Gasteiger partial charge is 0.520 e. The van der Waals surface area contributed by atoms with Gasteiger partial charge in [-0.05, 0) is 43.6 Å². The molecule has 0 spiro atoms. The predicted molar refractivity (Wildman–Crippen MR) is 102 cm³/mol. The molecule has 2 nitrogen and oxygen atoms in total. The summed E-state index contributed by atoms with van der Waals surface area (Å²) in [5.41, 5.74) is 1.32. The van der Waals surface area contributed by atoms with Crippen LogP contribution in [0.1, 0.15) is 70.8 Å². The van der Waals surface area contributed by atoms with Gasteiger partial charge in [0.15, 0.2) is 0 Å². The van der Waals surface area contributed by atoms with Crippen molar-refractivity contribution in [3.8, 4) is 5.75 Å². The second-order valence-corrected chi connectivity index (χ2v) is 10.1. The van der Waals surface area contributed by atoms with Crippen LogP contribution in [-0.2, 0) is 10.8 Å². The Morgan fingerprint density at radius 3 is 2.17 bits per heavy atom. The van der Waals surface area contributed by atoms with Crippen LogP contribution in [0.15, 0.2) is 24.3 Å². The predicted octanol–water partition coefficient (Wildman–Crippen LogP) is 6.49. The van der Waals surface area contributed by atoms with Crippen molar-refractivity contribution in [3.63, 3.8) is 0 Å². The number of hydrogen-bond acceptors (Lipinski definition) is 2. The molecular formula is C20H36O2Si. The van der Waals surface area contributed by atoms with E-state index in [4.69, 9.17) is 8.85 Å². The molecule has 0 aliphatic rings. The molecule has 3 heteroatoms. The van der Waals surface area contributed by atoms with Crippen LogP contribution in [0.25, 0.3) is 0 Å². The van der Waals surface area contributed by atoms with Crippen molar-refractivity contribution in [2.24, 2.45) is 0 Å². The van der Waals surface area contributed by atoms with Gasteiger partial charge in [-0.3, -0.25) is 0 Å². The molecule has 0 saturated carbocycles. The van der Waals surface area contributed by atoms with E-state index in [0.29, 0.717) is 0 Å². The molecule has 0 unspecified atom stereocenters. The van der Waals surface area contributed by atoms with Crippen molar-refractivity contribution >= 4 is 8.56 Å². The van der Waals surface area contributed by atoms with Crippen molar-refractivity contribution in [2.45, 2.75) is 84.7 Å². The monoisotopic (exact) mass is 336 g/mol. The summed E-state index contributed by atoms with van der Waals surface area (Å²) in [7, 11) is -2.07. The maximum atomic E-state index is 6.13. The third kappa shape index (κ3) is 9.82. The molecule has 0 aliphatic carbocycles. The third-order valence-corrected chi connectivity index (χ3v) is 5.74. The summed E-state index contributed by atoms with van der Waals surface area (Å²) in [5.74, 6) is 0.956. The summed E-state index contributed by atoms with van der Waals surface area (Å²) in [5, 5.41) is 0. The molecule has 0 saturated heterocycles. The second-order valence-electron chi connectivity index (χ2n) is 6.83. The van der Waals surface area contributed by atoms with Gasteiger partial charge < -0.3 is 8.85 Å². The topological polar surface area (TPSA) is 18.5 Å². The molecule has 0 aliphatic heterocycles. The molecular weight excluding hydrogens is 300 g/mol. The van der Waals surface area contributed by atoms with Crippen LogP contribution in [0.4, 0.5) is 0 Å². The van der Waals surface area contributed by atoms with Gasteiger partial charge in [-0.25, -0.2) is 0 Å². The average Bonchev–Trinajstić information content (AvgIpc) is 2.53. The highest BCUT2D eigenvalue weighted by molar-refractivity contribution is 6.65. The van der Waals surface area contributed by atoms with E-state index in [9.17, 15) is 0 Å². The van der Waals surface area contributed by atoms with Crippen LogP contribution in [0, 0.1) is 0 Å². The number of aryl methyl sites for hydroxylation is 1. The van der Waals surface area contributed by atoms with Crippen LogP contribution in [0.3, 0.4) is 0 Å². The number of rotatable bonds is 13. The summed E-state index contributed by atoms with van der Waals surface area (Å²) < 4.78 is 12.2. The lowest BCUT2D eigenvalue weighted by molar-refractivity contribution is 0.240. The van der Waals surface area contributed by atoms with E-state index in [-0.39, 0.29) is 0 Å². The van der Waals surface area contributed by atoms with Crippen molar-refractivity contribution < 1.29 is 8.85 Å². The minimum Gasteiger partial charge on any atom is -0.520 e. The van der Waals surface area contributed by atoms with E-state index in [1.165, 1.54) is 50.5 Å². The van der Waals surface area contributed by atoms with E-state index in [0.717, 1.165) is 25.2 Å². The van der Waals surface area contributed by atoms with E-state index >= 15 is 0 Å². The zero-order valence-corrected chi connectivity index (χ0v) is 16.7. The molecule has 23 heavy (non-hydrogen) atoms. The van der Waals surface area contributed by atoms with Crippen molar-refractivity contribution in [3.05, 3.63) is 29.8 Å². The Labute approximate surface area is 144 Å². The Hall–Kier alpha value is -0.803. The van der Waals surface area contributed by atoms with Gasteiger partial charge in [-0.1, -0.05) is 70.9 Å². The molecule has 0 heterocycles. The Morgan fingerprint density at radius 2 is 1.52 bits per heavy atom. The SMILES string of the molecule is CCCCCCCCCCO[Si](C)(C)Oc1cccc(CC)c1. The van der Waals surface area contributed by atoms with Gasteiger partial charge in [0, 0.05) is 6.61 Å². The molecule has 0 atom stereocenters. The zero-order chi connectivity index (χ0) is 17.0. The maximum Gasteiger partial charge on any atom is 0.392 e. The normalized spacial score (nSPS) is 11.7. The lowest BCUT2D eigenvalue weighted by Crippen LogP contribution is -2.38. The summed E-state index contributed by atoms with van der Waals surface area (Å²) in [4.78, 5) is 0. The first-order valence-corrected chi connectivity index (χ1v) is 12.3. The summed E-state index contributed by atoms with van der Waals surface area (Å²) in [6, 6.07) is 8.38. The smallest absolute Gasteiger partial charge is 0.392 e. The molecule has 1 aromatic carbocycles. The highest BCUT2D eigenvalue weighted by Crippen LogP contribution is 2.19. The summed E-state index contributed by atoms with van der Waals surface area (Å²) in [6.45, 7) is 9.54. The first-order chi connectivity index (χ1) is 11.1. The van der Waals surface area contributed by atoms with E-state index in [2.05, 4.69) is 45.1 Å². The molecule has 0 radical (unpaired) electrons. The fourth-order valence-electron chi connectivity index (χ4n) is 2.70. The van der Waals surface area contributed by atoms with Crippen molar-refractivity contribution in [2.75, 3.05) is 6.61 Å². The first-order valence-electron chi connectivity index (χ1n) is 9.49. The molecule has 0 aromatic heterocycles. The van der Waals surface area contributed by atoms with Crippen LogP contribution in [0.5, 0.6) is 5.75 Å². The summed E-state index contributed by atoms with van der Waals surface area (Å²) >= 11 is 0. The molecule has 0 bridgehead atoms. The second kappa shape index (κ2) is 11.7. The number of benzene rings is 1. The highest BCUT2D eigenvalue weighted by atomic mass is 28.4. The lowest BCUT2D eigenvalue weighted by Gasteiger charge is -2.24. The standard InChI is InChI=1S/C20H36O2Si/c1-5-7-8-9-10-11-12-13-17-21-23(3,4)22-20-16-14-15-19(6-2)18-20/h14-16,18H,5-13,17H2,1-4H3. The maximum absolute atomic E-state index is 6.13. The van der Waals surface area contributed by atoms with Crippen molar-refractivity contribution in [1.29, 1.82) is 0 Å². The lowest BCUT2D eigenvalue weighted by atomic mass is 10.1. The Kier molecular flexibility index (Phi) is 10.3. The fraction of sp³-hybridized carbons (Fsp3) is 0.700. The van der Waals surface area contributed by atoms with Gasteiger partial charge in [0.25, 0.3) is 0 Å². The minimum atomic E-state index is -2.07. The van der Waals surface area contributed by atoms with Gasteiger partial charge in [0.2, 0.25) is 0 Å². The molecule has 1 aromatic rings. The molecule has 0 fully saturated rings. The van der Waals surface area contributed by atoms with Gasteiger partial charge in [-0.2, -0.15) is 0 Å². The van der Waals surface area contributed by atoms with Gasteiger partial charge in [0.05, 0.1) is 0 Å². The van der Waals surface area contributed by atoms with E-state index in [1.54, 1.807) is 0 Å². The number of unbranched alkanes of at least 4 members (excludes halogenated alkanes) is 7. The Bertz CT molecular complexity index is 418. The van der Waals surface area contributed by atoms with E-state index in [1.807, 2.05) is 6.07 Å². The van der Waals surface area contributed by atoms with Crippen molar-refractivity contribution in [1.82, 2.24) is 0 Å². The van der Waals surface area contributed by atoms with E-state index < -0.39 is 8.56 Å². The van der Waals surface area contributed by atoms with Crippen LogP contribution in [-0.4, -0.2) is 15.2 Å². The Balaban J connectivity index is 2.15. The Morgan fingerprint density at radius 1 is 0.870 bits per heavy atom. The average molecular weight is 337 g/mol. The van der Waals surface area contributed by atoms with Crippen LogP contribution >= 0.6 is 0 Å².